The first-order chi connectivity index (χ1) is 15.1. The van der Waals surface area contributed by atoms with Crippen LogP contribution >= 0.6 is 0 Å². The van der Waals surface area contributed by atoms with Gasteiger partial charge in [-0.15, -0.1) is 0 Å². The van der Waals surface area contributed by atoms with Gasteiger partial charge in [0.05, 0.1) is 28.9 Å². The van der Waals surface area contributed by atoms with Crippen LogP contribution in [0.2, 0.25) is 0 Å². The molecule has 33 heavy (non-hydrogen) atoms. The quantitative estimate of drug-likeness (QED) is 0.237. The van der Waals surface area contributed by atoms with Crippen LogP contribution in [0, 0.1) is 0 Å². The number of fused-ring (bicyclic) bond motifs is 1. The normalized spacial score (nSPS) is 17.1. The summed E-state index contributed by atoms with van der Waals surface area (Å²) in [5.41, 5.74) is -5.52. The number of rotatable bonds is 8. The zero-order valence-corrected chi connectivity index (χ0v) is 17.2. The molecule has 0 aromatic heterocycles. The van der Waals surface area contributed by atoms with Crippen molar-refractivity contribution in [1.29, 1.82) is 0 Å². The SMILES string of the molecule is O=C(Cc1ccc(OCC2CO2)c2ccccc12)OC(CS(=O)(=O)[O-])(C(F)(F)F)C(F)(F)F. The Kier molecular flexibility index (Phi) is 6.56. The second-order valence-corrected chi connectivity index (χ2v) is 8.61. The molecule has 0 N–H and O–H groups in total. The highest BCUT2D eigenvalue weighted by molar-refractivity contribution is 7.85. The number of ether oxygens (including phenoxy) is 3. The van der Waals surface area contributed by atoms with Gasteiger partial charge in [-0.05, 0) is 17.0 Å². The molecule has 1 atom stereocenters. The third kappa shape index (κ3) is 5.68. The van der Waals surface area contributed by atoms with Gasteiger partial charge in [0.15, 0.2) is 0 Å². The molecule has 14 heteroatoms. The summed E-state index contributed by atoms with van der Waals surface area (Å²) in [6, 6.07) is 8.76. The first-order valence-electron chi connectivity index (χ1n) is 9.17. The Labute approximate surface area is 183 Å². The maximum atomic E-state index is 13.3. The number of benzene rings is 2. The number of carbonyl (C=O) groups is 1. The molecule has 1 aliphatic rings. The maximum Gasteiger partial charge on any atom is 0.438 e. The Balaban J connectivity index is 1.92. The molecule has 0 bridgehead atoms. The van der Waals surface area contributed by atoms with E-state index < -0.39 is 46.2 Å². The van der Waals surface area contributed by atoms with Crippen LogP contribution < -0.4 is 4.74 Å². The zero-order chi connectivity index (χ0) is 24.7. The van der Waals surface area contributed by atoms with Crippen molar-refractivity contribution in [2.75, 3.05) is 19.0 Å². The van der Waals surface area contributed by atoms with E-state index in [-0.39, 0.29) is 23.7 Å². The van der Waals surface area contributed by atoms with Crippen LogP contribution in [0.15, 0.2) is 36.4 Å². The summed E-state index contributed by atoms with van der Waals surface area (Å²) >= 11 is 0. The summed E-state index contributed by atoms with van der Waals surface area (Å²) in [5.74, 6) is -4.73. The molecular weight excluding hydrogens is 486 g/mol. The first kappa shape index (κ1) is 25.1. The number of esters is 1. The number of epoxide rings is 1. The van der Waals surface area contributed by atoms with Gasteiger partial charge >= 0.3 is 23.9 Å². The maximum absolute atomic E-state index is 13.3. The van der Waals surface area contributed by atoms with Crippen molar-refractivity contribution >= 4 is 26.9 Å². The van der Waals surface area contributed by atoms with Gasteiger partial charge in [0.2, 0.25) is 0 Å². The van der Waals surface area contributed by atoms with Gasteiger partial charge in [-0.1, -0.05) is 30.3 Å². The van der Waals surface area contributed by atoms with Crippen molar-refractivity contribution in [3.05, 3.63) is 42.0 Å². The van der Waals surface area contributed by atoms with Crippen molar-refractivity contribution in [2.45, 2.75) is 30.5 Å². The fourth-order valence-electron chi connectivity index (χ4n) is 3.07. The van der Waals surface area contributed by atoms with Crippen LogP contribution in [-0.4, -0.2) is 62.0 Å². The lowest BCUT2D eigenvalue weighted by molar-refractivity contribution is -0.361. The summed E-state index contributed by atoms with van der Waals surface area (Å²) in [6.45, 7) is 0.732. The predicted molar refractivity (Wildman–Crippen MR) is 98.4 cm³/mol. The number of hydrogen-bond acceptors (Lipinski definition) is 7. The Hall–Kier alpha value is -2.58. The third-order valence-corrected chi connectivity index (χ3v) is 5.48. The summed E-state index contributed by atoms with van der Waals surface area (Å²) in [4.78, 5) is 12.2. The minimum Gasteiger partial charge on any atom is -0.748 e. The molecule has 3 rings (SSSR count). The van der Waals surface area contributed by atoms with Gasteiger partial charge in [0.25, 0.3) is 0 Å². The minimum atomic E-state index is -6.43. The molecule has 1 aliphatic heterocycles. The Bertz CT molecular complexity index is 1130. The lowest BCUT2D eigenvalue weighted by Crippen LogP contribution is -2.63. The molecule has 0 amide bonds. The van der Waals surface area contributed by atoms with Crippen LogP contribution in [0.4, 0.5) is 26.3 Å². The van der Waals surface area contributed by atoms with E-state index in [4.69, 9.17) is 9.47 Å². The zero-order valence-electron chi connectivity index (χ0n) is 16.4. The highest BCUT2D eigenvalue weighted by Gasteiger charge is 2.75. The van der Waals surface area contributed by atoms with Crippen molar-refractivity contribution < 1.29 is 58.3 Å². The molecular formula is C19H15F6O7S-. The van der Waals surface area contributed by atoms with Crippen LogP contribution in [0.5, 0.6) is 5.75 Å². The van der Waals surface area contributed by atoms with Crippen LogP contribution in [-0.2, 0) is 30.8 Å². The largest absolute Gasteiger partial charge is 0.748 e. The smallest absolute Gasteiger partial charge is 0.438 e. The Morgan fingerprint density at radius 1 is 1.03 bits per heavy atom. The number of hydrogen-bond donors (Lipinski definition) is 0. The molecule has 0 aliphatic carbocycles. The average molecular weight is 501 g/mol. The van der Waals surface area contributed by atoms with Crippen LogP contribution in [0.1, 0.15) is 5.56 Å². The Morgan fingerprint density at radius 2 is 1.61 bits per heavy atom. The van der Waals surface area contributed by atoms with Crippen LogP contribution in [0.25, 0.3) is 10.8 Å². The van der Waals surface area contributed by atoms with Gasteiger partial charge < -0.3 is 18.8 Å². The molecule has 1 heterocycles. The van der Waals surface area contributed by atoms with E-state index in [9.17, 15) is 44.1 Å². The van der Waals surface area contributed by atoms with Gasteiger partial charge in [-0.3, -0.25) is 4.79 Å². The molecule has 1 fully saturated rings. The number of halogens is 6. The second-order valence-electron chi connectivity index (χ2n) is 7.21. The van der Waals surface area contributed by atoms with E-state index in [1.165, 1.54) is 24.3 Å². The van der Waals surface area contributed by atoms with E-state index in [0.717, 1.165) is 0 Å². The molecule has 1 unspecified atom stereocenters. The van der Waals surface area contributed by atoms with Gasteiger partial charge in [0.1, 0.15) is 18.5 Å². The van der Waals surface area contributed by atoms with E-state index in [2.05, 4.69) is 4.74 Å². The fraction of sp³-hybridized carbons (Fsp3) is 0.421. The molecule has 2 aromatic rings. The average Bonchev–Trinajstić information content (AvgIpc) is 3.48. The molecule has 1 saturated heterocycles. The van der Waals surface area contributed by atoms with E-state index in [1.54, 1.807) is 12.1 Å². The van der Waals surface area contributed by atoms with Crippen molar-refractivity contribution in [1.82, 2.24) is 0 Å². The topological polar surface area (TPSA) is 105 Å². The minimum absolute atomic E-state index is 0.00569. The molecule has 0 radical (unpaired) electrons. The lowest BCUT2D eigenvalue weighted by Gasteiger charge is -2.36. The van der Waals surface area contributed by atoms with E-state index in [0.29, 0.717) is 17.7 Å². The van der Waals surface area contributed by atoms with Gasteiger partial charge in [-0.25, -0.2) is 8.42 Å². The fourth-order valence-corrected chi connectivity index (χ4v) is 3.95. The molecule has 0 saturated carbocycles. The molecule has 0 spiro atoms. The highest BCUT2D eigenvalue weighted by atomic mass is 32.2. The molecule has 182 valence electrons. The van der Waals surface area contributed by atoms with Crippen molar-refractivity contribution in [3.8, 4) is 5.75 Å². The summed E-state index contributed by atoms with van der Waals surface area (Å²) < 4.78 is 127. The van der Waals surface area contributed by atoms with Crippen LogP contribution in [0.3, 0.4) is 0 Å². The first-order valence-corrected chi connectivity index (χ1v) is 10.7. The lowest BCUT2D eigenvalue weighted by atomic mass is 10.0. The Morgan fingerprint density at radius 3 is 2.12 bits per heavy atom. The molecule has 2 aromatic carbocycles. The van der Waals surface area contributed by atoms with Gasteiger partial charge in [-0.2, -0.15) is 26.3 Å². The van der Waals surface area contributed by atoms with Gasteiger partial charge in [0, 0.05) is 5.39 Å². The highest BCUT2D eigenvalue weighted by Crippen LogP contribution is 2.47. The third-order valence-electron chi connectivity index (χ3n) is 4.72. The number of alkyl halides is 6. The summed E-state index contributed by atoms with van der Waals surface area (Å²) in [7, 11) is -6.11. The standard InChI is InChI=1S/C19H16F6O7S/c20-18(21,22)17(19(23,24)25,10-33(27,28)29)32-16(26)7-11-5-6-15(31-9-12-8-30-12)14-4-2-1-3-13(11)14/h1-6,12H,7-10H2,(H,27,28,29)/p-1. The summed E-state index contributed by atoms with van der Waals surface area (Å²) in [6.07, 6.45) is -14.0. The number of carbonyl (C=O) groups excluding carboxylic acids is 1. The van der Waals surface area contributed by atoms with Crippen molar-refractivity contribution in [3.63, 3.8) is 0 Å². The molecule has 7 nitrogen and oxygen atoms in total. The predicted octanol–water partition coefficient (Wildman–Crippen LogP) is 3.11. The summed E-state index contributed by atoms with van der Waals surface area (Å²) in [5, 5.41) is 0.702. The van der Waals surface area contributed by atoms with E-state index in [1.807, 2.05) is 0 Å². The second kappa shape index (κ2) is 8.65. The van der Waals surface area contributed by atoms with E-state index >= 15 is 0 Å². The monoisotopic (exact) mass is 501 g/mol. The van der Waals surface area contributed by atoms with Crippen molar-refractivity contribution in [2.24, 2.45) is 0 Å².